The molecule has 3 N–H and O–H groups in total. The van der Waals surface area contributed by atoms with Crippen molar-refractivity contribution in [2.24, 2.45) is 0 Å². The van der Waals surface area contributed by atoms with Crippen LogP contribution in [0.25, 0.3) is 11.5 Å². The molecule has 33 heavy (non-hydrogen) atoms. The highest BCUT2D eigenvalue weighted by atomic mass is 35.5. The number of hydrogen-bond donors (Lipinski definition) is 3. The van der Waals surface area contributed by atoms with Gasteiger partial charge in [0, 0.05) is 11.9 Å². The second kappa shape index (κ2) is 11.7. The van der Waals surface area contributed by atoms with Gasteiger partial charge >= 0.3 is 6.18 Å². The number of amides is 2. The van der Waals surface area contributed by atoms with Gasteiger partial charge in [0.2, 0.25) is 18.3 Å². The molecule has 0 aliphatic carbocycles. The van der Waals surface area contributed by atoms with Gasteiger partial charge in [-0.3, -0.25) is 19.9 Å². The molecule has 0 radical (unpaired) electrons. The lowest BCUT2D eigenvalue weighted by Gasteiger charge is -2.11. The predicted molar refractivity (Wildman–Crippen MR) is 118 cm³/mol. The van der Waals surface area contributed by atoms with E-state index in [4.69, 9.17) is 11.6 Å². The second-order valence-corrected chi connectivity index (χ2v) is 6.31. The number of hydrogen-bond acceptors (Lipinski definition) is 7. The van der Waals surface area contributed by atoms with Crippen LogP contribution in [0.2, 0.25) is 5.02 Å². The molecule has 0 atom stereocenters. The van der Waals surface area contributed by atoms with Crippen molar-refractivity contribution >= 4 is 41.5 Å². The highest BCUT2D eigenvalue weighted by molar-refractivity contribution is 6.34. The van der Waals surface area contributed by atoms with E-state index < -0.39 is 24.6 Å². The van der Waals surface area contributed by atoms with Gasteiger partial charge in [-0.1, -0.05) is 31.5 Å². The van der Waals surface area contributed by atoms with Crippen molar-refractivity contribution in [3.05, 3.63) is 53.2 Å². The van der Waals surface area contributed by atoms with E-state index >= 15 is 0 Å². The standard InChI is InChI=1S/C18H13ClF3N7O2.C2H6/c19-12-7-10(25-9-30)4-5-11(12)15(31)28-17-27-14(13-3-1-2-6-23-13)26-16(29-17)24-8-18(20,21)22;1-2/h1-7,9H,8H2,(H,25,30)(H2,24,26,27,28,29,31);1-2H3. The Bertz CT molecular complexity index is 1100. The Hall–Kier alpha value is -3.80. The summed E-state index contributed by atoms with van der Waals surface area (Å²) < 4.78 is 37.7. The summed E-state index contributed by atoms with van der Waals surface area (Å²) >= 11 is 6.07. The fourth-order valence-corrected chi connectivity index (χ4v) is 2.59. The van der Waals surface area contributed by atoms with E-state index in [0.29, 0.717) is 12.1 Å². The fraction of sp³-hybridized carbons (Fsp3) is 0.200. The Labute approximate surface area is 191 Å². The molecule has 3 aromatic rings. The lowest BCUT2D eigenvalue weighted by atomic mass is 10.2. The number of aromatic nitrogens is 4. The Morgan fingerprint density at radius 3 is 2.42 bits per heavy atom. The molecule has 0 saturated carbocycles. The Morgan fingerprint density at radius 2 is 1.82 bits per heavy atom. The molecule has 0 spiro atoms. The van der Waals surface area contributed by atoms with Crippen LogP contribution in [0, 0.1) is 0 Å². The average Bonchev–Trinajstić information content (AvgIpc) is 2.79. The van der Waals surface area contributed by atoms with E-state index in [0.717, 1.165) is 0 Å². The summed E-state index contributed by atoms with van der Waals surface area (Å²) in [5.41, 5.74) is 0.660. The number of alkyl halides is 3. The van der Waals surface area contributed by atoms with Crippen LogP contribution < -0.4 is 16.0 Å². The van der Waals surface area contributed by atoms with E-state index in [1.54, 1.807) is 18.2 Å². The Balaban J connectivity index is 0.00000187. The van der Waals surface area contributed by atoms with Gasteiger partial charge in [0.15, 0.2) is 5.82 Å². The number of nitrogens with one attached hydrogen (secondary N) is 3. The van der Waals surface area contributed by atoms with Crippen molar-refractivity contribution in [3.63, 3.8) is 0 Å². The van der Waals surface area contributed by atoms with E-state index in [9.17, 15) is 22.8 Å². The minimum atomic E-state index is -4.51. The number of nitrogens with zero attached hydrogens (tertiary/aromatic N) is 4. The summed E-state index contributed by atoms with van der Waals surface area (Å²) in [7, 11) is 0. The number of carbonyl (C=O) groups excluding carboxylic acids is 2. The van der Waals surface area contributed by atoms with Gasteiger partial charge in [-0.05, 0) is 30.3 Å². The third-order valence-corrected chi connectivity index (χ3v) is 3.95. The largest absolute Gasteiger partial charge is 0.405 e. The maximum atomic E-state index is 12.6. The minimum absolute atomic E-state index is 0.0266. The second-order valence-electron chi connectivity index (χ2n) is 5.90. The normalized spacial score (nSPS) is 10.5. The van der Waals surface area contributed by atoms with Crippen molar-refractivity contribution in [1.29, 1.82) is 0 Å². The van der Waals surface area contributed by atoms with Crippen LogP contribution in [0.15, 0.2) is 42.6 Å². The van der Waals surface area contributed by atoms with Gasteiger partial charge in [-0.15, -0.1) is 0 Å². The molecular formula is C20H19ClF3N7O2. The van der Waals surface area contributed by atoms with Crippen LogP contribution in [-0.2, 0) is 4.79 Å². The van der Waals surface area contributed by atoms with E-state index in [2.05, 4.69) is 30.6 Å². The maximum absolute atomic E-state index is 12.6. The van der Waals surface area contributed by atoms with Crippen LogP contribution >= 0.6 is 11.6 Å². The molecule has 174 valence electrons. The van der Waals surface area contributed by atoms with Crippen LogP contribution in [0.4, 0.5) is 30.8 Å². The third kappa shape index (κ3) is 7.68. The molecule has 0 unspecified atom stereocenters. The molecule has 0 saturated heterocycles. The van der Waals surface area contributed by atoms with Crippen LogP contribution in [0.3, 0.4) is 0 Å². The lowest BCUT2D eigenvalue weighted by Crippen LogP contribution is -2.23. The SMILES string of the molecule is CC.O=CNc1ccc(C(=O)Nc2nc(NCC(F)(F)F)nc(-c3ccccn3)n2)c(Cl)c1. The fourth-order valence-electron chi connectivity index (χ4n) is 2.33. The van der Waals surface area contributed by atoms with Crippen LogP contribution in [-0.4, -0.2) is 45.0 Å². The van der Waals surface area contributed by atoms with Gasteiger partial charge in [-0.25, -0.2) is 0 Å². The minimum Gasteiger partial charge on any atom is -0.345 e. The number of carbonyl (C=O) groups is 2. The molecule has 1 aromatic carbocycles. The zero-order valence-corrected chi connectivity index (χ0v) is 18.2. The molecular weight excluding hydrogens is 463 g/mol. The number of rotatable bonds is 7. The number of benzene rings is 1. The third-order valence-electron chi connectivity index (χ3n) is 3.64. The van der Waals surface area contributed by atoms with Crippen molar-refractivity contribution in [3.8, 4) is 11.5 Å². The monoisotopic (exact) mass is 481 g/mol. The van der Waals surface area contributed by atoms with Gasteiger partial charge in [-0.2, -0.15) is 28.1 Å². The van der Waals surface area contributed by atoms with Crippen molar-refractivity contribution in [2.75, 3.05) is 22.5 Å². The van der Waals surface area contributed by atoms with E-state index in [1.165, 1.54) is 24.4 Å². The van der Waals surface area contributed by atoms with Gasteiger partial charge in [0.25, 0.3) is 5.91 Å². The quantitative estimate of drug-likeness (QED) is 0.427. The zero-order chi connectivity index (χ0) is 24.4. The Morgan fingerprint density at radius 1 is 1.09 bits per heavy atom. The summed E-state index contributed by atoms with van der Waals surface area (Å²) in [4.78, 5) is 38.9. The van der Waals surface area contributed by atoms with Crippen molar-refractivity contribution < 1.29 is 22.8 Å². The molecule has 2 amide bonds. The van der Waals surface area contributed by atoms with Crippen LogP contribution in [0.5, 0.6) is 0 Å². The first-order valence-corrected chi connectivity index (χ1v) is 9.92. The number of halogens is 4. The van der Waals surface area contributed by atoms with Crippen LogP contribution in [0.1, 0.15) is 24.2 Å². The summed E-state index contributed by atoms with van der Waals surface area (Å²) in [5.74, 6) is -1.48. The highest BCUT2D eigenvalue weighted by Crippen LogP contribution is 2.23. The molecule has 2 heterocycles. The number of pyridine rings is 1. The molecule has 0 bridgehead atoms. The van der Waals surface area contributed by atoms with Crippen molar-refractivity contribution in [2.45, 2.75) is 20.0 Å². The highest BCUT2D eigenvalue weighted by Gasteiger charge is 2.27. The Kier molecular flexibility index (Phi) is 9.04. The molecule has 0 aliphatic rings. The smallest absolute Gasteiger partial charge is 0.345 e. The van der Waals surface area contributed by atoms with Gasteiger partial charge in [0.05, 0.1) is 10.6 Å². The maximum Gasteiger partial charge on any atom is 0.405 e. The molecule has 0 aliphatic heterocycles. The first-order valence-electron chi connectivity index (χ1n) is 9.54. The molecule has 0 fully saturated rings. The predicted octanol–water partition coefficient (Wildman–Crippen LogP) is 4.41. The first kappa shape index (κ1) is 25.5. The first-order chi connectivity index (χ1) is 15.7. The molecule has 9 nitrogen and oxygen atoms in total. The zero-order valence-electron chi connectivity index (χ0n) is 17.4. The topological polar surface area (TPSA) is 122 Å². The number of anilines is 3. The van der Waals surface area contributed by atoms with Gasteiger partial charge < -0.3 is 10.6 Å². The van der Waals surface area contributed by atoms with E-state index in [1.807, 2.05) is 19.2 Å². The van der Waals surface area contributed by atoms with Crippen molar-refractivity contribution in [1.82, 2.24) is 19.9 Å². The lowest BCUT2D eigenvalue weighted by molar-refractivity contribution is -0.115. The summed E-state index contributed by atoms with van der Waals surface area (Å²) in [6, 6.07) is 8.98. The summed E-state index contributed by atoms with van der Waals surface area (Å²) in [6.07, 6.45) is -2.61. The molecule has 3 rings (SSSR count). The van der Waals surface area contributed by atoms with E-state index in [-0.39, 0.29) is 28.1 Å². The average molecular weight is 482 g/mol. The molecule has 13 heteroatoms. The summed E-state index contributed by atoms with van der Waals surface area (Å²) in [5, 5.41) is 6.83. The summed E-state index contributed by atoms with van der Waals surface area (Å²) in [6.45, 7) is 2.61. The van der Waals surface area contributed by atoms with Gasteiger partial charge in [0.1, 0.15) is 12.2 Å². The molecule has 2 aromatic heterocycles.